The second kappa shape index (κ2) is 3.28. The summed E-state index contributed by atoms with van der Waals surface area (Å²) in [5.74, 6) is -0.563. The van der Waals surface area contributed by atoms with Crippen LogP contribution in [0.1, 0.15) is 26.5 Å². The quantitative estimate of drug-likeness (QED) is 0.722. The summed E-state index contributed by atoms with van der Waals surface area (Å²) in [5, 5.41) is 0. The first-order chi connectivity index (χ1) is 5.90. The average molecular weight is 183 g/mol. The summed E-state index contributed by atoms with van der Waals surface area (Å²) in [4.78, 5) is 7.42. The Hall–Kier alpha value is -1.19. The van der Waals surface area contributed by atoms with Crippen molar-refractivity contribution in [3.8, 4) is 0 Å². The number of halogens is 1. The maximum atomic E-state index is 13.3. The van der Waals surface area contributed by atoms with Gasteiger partial charge in [-0.3, -0.25) is 0 Å². The Morgan fingerprint density at radius 2 is 2.00 bits per heavy atom. The predicted molar refractivity (Wildman–Crippen MR) is 49.6 cm³/mol. The van der Waals surface area contributed by atoms with Crippen molar-refractivity contribution in [2.45, 2.75) is 27.2 Å². The van der Waals surface area contributed by atoms with Crippen LogP contribution in [-0.4, -0.2) is 9.97 Å². The number of hydrogen-bond donors (Lipinski definition) is 1. The smallest absolute Gasteiger partial charge is 0.186 e. The van der Waals surface area contributed by atoms with Gasteiger partial charge in [0.2, 0.25) is 0 Å². The lowest BCUT2D eigenvalue weighted by molar-refractivity contribution is 0.395. The maximum absolute atomic E-state index is 13.3. The Kier molecular flexibility index (Phi) is 2.50. The standard InChI is InChI=1S/C9H14FN3/c1-9(2,3)4-6-7(10)8(11)13-5-12-6/h5H,4H2,1-3H3,(H2,11,12,13). The van der Waals surface area contributed by atoms with Crippen LogP contribution >= 0.6 is 0 Å². The normalized spacial score (nSPS) is 11.7. The van der Waals surface area contributed by atoms with Crippen LogP contribution in [0.3, 0.4) is 0 Å². The number of hydrogen-bond acceptors (Lipinski definition) is 3. The molecule has 0 saturated carbocycles. The van der Waals surface area contributed by atoms with Crippen molar-refractivity contribution in [2.24, 2.45) is 5.41 Å². The van der Waals surface area contributed by atoms with Crippen molar-refractivity contribution in [1.82, 2.24) is 9.97 Å². The Bertz CT molecular complexity index is 304. The van der Waals surface area contributed by atoms with Gasteiger partial charge in [0.25, 0.3) is 0 Å². The van der Waals surface area contributed by atoms with E-state index in [-0.39, 0.29) is 11.2 Å². The number of aromatic nitrogens is 2. The lowest BCUT2D eigenvalue weighted by atomic mass is 9.90. The van der Waals surface area contributed by atoms with Crippen LogP contribution in [0.4, 0.5) is 10.2 Å². The zero-order valence-corrected chi connectivity index (χ0v) is 8.13. The van der Waals surface area contributed by atoms with E-state index in [9.17, 15) is 4.39 Å². The van der Waals surface area contributed by atoms with Gasteiger partial charge in [0.15, 0.2) is 11.6 Å². The molecule has 1 aromatic heterocycles. The number of rotatable bonds is 1. The molecule has 0 atom stereocenters. The Morgan fingerprint density at radius 3 is 2.54 bits per heavy atom. The molecule has 0 fully saturated rings. The first-order valence-corrected chi connectivity index (χ1v) is 4.15. The van der Waals surface area contributed by atoms with E-state index < -0.39 is 5.82 Å². The van der Waals surface area contributed by atoms with E-state index in [2.05, 4.69) is 9.97 Å². The van der Waals surface area contributed by atoms with Crippen molar-refractivity contribution in [1.29, 1.82) is 0 Å². The predicted octanol–water partition coefficient (Wildman–Crippen LogP) is 1.79. The van der Waals surface area contributed by atoms with Gasteiger partial charge in [-0.1, -0.05) is 20.8 Å². The molecular weight excluding hydrogens is 169 g/mol. The molecule has 1 heterocycles. The van der Waals surface area contributed by atoms with Gasteiger partial charge >= 0.3 is 0 Å². The van der Waals surface area contributed by atoms with E-state index in [1.807, 2.05) is 20.8 Å². The number of nitrogens with two attached hydrogens (primary N) is 1. The molecule has 0 aromatic carbocycles. The summed E-state index contributed by atoms with van der Waals surface area (Å²) < 4.78 is 13.3. The highest BCUT2D eigenvalue weighted by atomic mass is 19.1. The first-order valence-electron chi connectivity index (χ1n) is 4.15. The summed E-state index contributed by atoms with van der Waals surface area (Å²) in [6.45, 7) is 6.06. The Labute approximate surface area is 77.2 Å². The molecule has 72 valence electrons. The fraction of sp³-hybridized carbons (Fsp3) is 0.556. The van der Waals surface area contributed by atoms with Crippen LogP contribution in [0.25, 0.3) is 0 Å². The van der Waals surface area contributed by atoms with Gasteiger partial charge in [-0.05, 0) is 11.8 Å². The zero-order valence-electron chi connectivity index (χ0n) is 8.13. The number of nitrogens with zero attached hydrogens (tertiary/aromatic N) is 2. The number of anilines is 1. The average Bonchev–Trinajstić information content (AvgIpc) is 1.96. The van der Waals surface area contributed by atoms with Gasteiger partial charge in [-0.2, -0.15) is 0 Å². The van der Waals surface area contributed by atoms with Gasteiger partial charge in [0.1, 0.15) is 6.33 Å². The lowest BCUT2D eigenvalue weighted by Gasteiger charge is -2.17. The van der Waals surface area contributed by atoms with Crippen molar-refractivity contribution in [3.63, 3.8) is 0 Å². The summed E-state index contributed by atoms with van der Waals surface area (Å²) in [7, 11) is 0. The third-order valence-corrected chi connectivity index (χ3v) is 1.59. The zero-order chi connectivity index (χ0) is 10.1. The van der Waals surface area contributed by atoms with E-state index in [1.165, 1.54) is 6.33 Å². The fourth-order valence-electron chi connectivity index (χ4n) is 1.05. The molecule has 4 heteroatoms. The van der Waals surface area contributed by atoms with E-state index in [4.69, 9.17) is 5.73 Å². The topological polar surface area (TPSA) is 51.8 Å². The molecule has 1 aromatic rings. The minimum atomic E-state index is -0.488. The first kappa shape index (κ1) is 9.89. The monoisotopic (exact) mass is 183 g/mol. The van der Waals surface area contributed by atoms with Gasteiger partial charge in [-0.25, -0.2) is 14.4 Å². The third kappa shape index (κ3) is 2.65. The molecule has 0 amide bonds. The summed E-state index contributed by atoms with van der Waals surface area (Å²) in [5.41, 5.74) is 5.70. The Balaban J connectivity index is 2.96. The molecule has 0 unspecified atom stereocenters. The second-order valence-electron chi connectivity index (χ2n) is 4.26. The molecule has 0 aliphatic heterocycles. The highest BCUT2D eigenvalue weighted by Gasteiger charge is 2.16. The van der Waals surface area contributed by atoms with Crippen molar-refractivity contribution in [2.75, 3.05) is 5.73 Å². The van der Waals surface area contributed by atoms with Crippen molar-refractivity contribution < 1.29 is 4.39 Å². The maximum Gasteiger partial charge on any atom is 0.186 e. The van der Waals surface area contributed by atoms with Gasteiger partial charge < -0.3 is 5.73 Å². The molecule has 0 aliphatic rings. The van der Waals surface area contributed by atoms with Crippen LogP contribution < -0.4 is 5.73 Å². The molecule has 0 saturated heterocycles. The summed E-state index contributed by atoms with van der Waals surface area (Å²) >= 11 is 0. The molecule has 0 spiro atoms. The molecule has 1 rings (SSSR count). The second-order valence-corrected chi connectivity index (χ2v) is 4.26. The SMILES string of the molecule is CC(C)(C)Cc1ncnc(N)c1F. The molecule has 0 radical (unpaired) electrons. The van der Waals surface area contributed by atoms with Gasteiger partial charge in [0.05, 0.1) is 5.69 Å². The van der Waals surface area contributed by atoms with Crippen LogP contribution in [0.5, 0.6) is 0 Å². The molecule has 3 nitrogen and oxygen atoms in total. The molecular formula is C9H14FN3. The van der Waals surface area contributed by atoms with Crippen LogP contribution in [0.15, 0.2) is 6.33 Å². The van der Waals surface area contributed by atoms with E-state index in [1.54, 1.807) is 0 Å². The van der Waals surface area contributed by atoms with Crippen molar-refractivity contribution >= 4 is 5.82 Å². The molecule has 2 N–H and O–H groups in total. The molecule has 0 aliphatic carbocycles. The van der Waals surface area contributed by atoms with Crippen LogP contribution in [0, 0.1) is 11.2 Å². The van der Waals surface area contributed by atoms with E-state index in [0.29, 0.717) is 12.1 Å². The Morgan fingerprint density at radius 1 is 1.38 bits per heavy atom. The largest absolute Gasteiger partial charge is 0.381 e. The van der Waals surface area contributed by atoms with Crippen LogP contribution in [0.2, 0.25) is 0 Å². The van der Waals surface area contributed by atoms with E-state index in [0.717, 1.165) is 0 Å². The summed E-state index contributed by atoms with van der Waals surface area (Å²) in [6.07, 6.45) is 1.85. The van der Waals surface area contributed by atoms with Gasteiger partial charge in [0, 0.05) is 0 Å². The molecule has 0 bridgehead atoms. The molecule has 13 heavy (non-hydrogen) atoms. The third-order valence-electron chi connectivity index (χ3n) is 1.59. The van der Waals surface area contributed by atoms with Crippen molar-refractivity contribution in [3.05, 3.63) is 17.8 Å². The van der Waals surface area contributed by atoms with E-state index >= 15 is 0 Å². The minimum Gasteiger partial charge on any atom is -0.381 e. The highest BCUT2D eigenvalue weighted by Crippen LogP contribution is 2.21. The fourth-order valence-corrected chi connectivity index (χ4v) is 1.05. The van der Waals surface area contributed by atoms with Gasteiger partial charge in [-0.15, -0.1) is 0 Å². The van der Waals surface area contributed by atoms with Crippen LogP contribution in [-0.2, 0) is 6.42 Å². The number of nitrogen functional groups attached to an aromatic ring is 1. The minimum absolute atomic E-state index is 0.00162. The summed E-state index contributed by atoms with van der Waals surface area (Å²) in [6, 6.07) is 0. The lowest BCUT2D eigenvalue weighted by Crippen LogP contribution is -2.13. The highest BCUT2D eigenvalue weighted by molar-refractivity contribution is 5.31.